The first kappa shape index (κ1) is 103. The van der Waals surface area contributed by atoms with Gasteiger partial charge in [0.15, 0.2) is 0 Å². The number of amides is 8. The third-order valence-electron chi connectivity index (χ3n) is 22.0. The number of nitrogens with one attached hydrogen (secondary N) is 8. The molecule has 4 aromatic rings. The zero-order valence-corrected chi connectivity index (χ0v) is 77.6. The van der Waals surface area contributed by atoms with Crippen LogP contribution in [0.2, 0.25) is 0 Å². The number of carbonyl (C=O) groups excluding carboxylic acids is 12. The largest absolute Gasteiger partial charge is 0.496 e. The van der Waals surface area contributed by atoms with Crippen molar-refractivity contribution in [3.63, 3.8) is 0 Å². The molecule has 1 aliphatic rings. The van der Waals surface area contributed by atoms with Gasteiger partial charge in [-0.2, -0.15) is 0 Å². The van der Waals surface area contributed by atoms with E-state index in [1.165, 1.54) is 85.3 Å². The molecule has 0 saturated heterocycles. The van der Waals surface area contributed by atoms with Crippen molar-refractivity contribution in [1.82, 2.24) is 42.5 Å². The van der Waals surface area contributed by atoms with Gasteiger partial charge in [0.05, 0.1) is 85.3 Å². The van der Waals surface area contributed by atoms with E-state index in [4.69, 9.17) is 56.8 Å². The fourth-order valence-corrected chi connectivity index (χ4v) is 15.7. The molecular formula is C92H136N8O24. The van der Waals surface area contributed by atoms with Gasteiger partial charge in [0.1, 0.15) is 94.3 Å². The molecular weight excluding hydrogens is 1600 g/mol. The summed E-state index contributed by atoms with van der Waals surface area (Å²) in [5.74, 6) is -15.8. The van der Waals surface area contributed by atoms with E-state index in [2.05, 4.69) is 42.5 Å². The molecule has 0 aliphatic heterocycles. The number of rotatable bonds is 44. The van der Waals surface area contributed by atoms with E-state index in [0.29, 0.717) is 0 Å². The number of methoxy groups -OCH3 is 12. The van der Waals surface area contributed by atoms with Crippen LogP contribution in [0.4, 0.5) is 0 Å². The molecule has 8 amide bonds. The molecule has 124 heavy (non-hydrogen) atoms. The Morgan fingerprint density at radius 1 is 0.234 bits per heavy atom. The van der Waals surface area contributed by atoms with Crippen LogP contribution in [-0.4, -0.2) is 205 Å². The number of benzene rings is 4. The van der Waals surface area contributed by atoms with Crippen LogP contribution in [0.25, 0.3) is 0 Å². The van der Waals surface area contributed by atoms with Gasteiger partial charge >= 0.3 is 23.9 Å². The number of carbonyl (C=O) groups is 12. The average molecular weight is 1740 g/mol. The topological polar surface area (TPSA) is 412 Å². The predicted octanol–water partition coefficient (Wildman–Crippen LogP) is 9.54. The van der Waals surface area contributed by atoms with Crippen molar-refractivity contribution in [3.05, 3.63) is 93.0 Å². The molecule has 688 valence electrons. The van der Waals surface area contributed by atoms with Crippen molar-refractivity contribution in [2.75, 3.05) is 85.3 Å². The van der Waals surface area contributed by atoms with Crippen LogP contribution in [0.1, 0.15) is 230 Å². The van der Waals surface area contributed by atoms with Crippen LogP contribution in [0, 0.1) is 47.3 Å². The summed E-state index contributed by atoms with van der Waals surface area (Å²) in [5, 5.41) is 23.2. The summed E-state index contributed by atoms with van der Waals surface area (Å²) >= 11 is 0. The van der Waals surface area contributed by atoms with Gasteiger partial charge in [-0.15, -0.1) is 0 Å². The highest BCUT2D eigenvalue weighted by Gasteiger charge is 2.42. The van der Waals surface area contributed by atoms with E-state index >= 15 is 19.2 Å². The smallest absolute Gasteiger partial charge is 0.328 e. The van der Waals surface area contributed by atoms with Crippen molar-refractivity contribution in [1.29, 1.82) is 0 Å². The predicted molar refractivity (Wildman–Crippen MR) is 465 cm³/mol. The quantitative estimate of drug-likeness (QED) is 0.0151. The van der Waals surface area contributed by atoms with Crippen LogP contribution in [0.3, 0.4) is 0 Å². The van der Waals surface area contributed by atoms with E-state index in [1.807, 2.05) is 55.4 Å². The van der Waals surface area contributed by atoms with Crippen LogP contribution in [-0.2, 0) is 76.5 Å². The summed E-state index contributed by atoms with van der Waals surface area (Å²) in [4.78, 5) is 176. The summed E-state index contributed by atoms with van der Waals surface area (Å²) in [5.41, 5.74) is 1.72. The fourth-order valence-electron chi connectivity index (χ4n) is 15.7. The first-order chi connectivity index (χ1) is 58.5. The van der Waals surface area contributed by atoms with E-state index < -0.39 is 192 Å². The number of esters is 4. The zero-order chi connectivity index (χ0) is 93.2. The highest BCUT2D eigenvalue weighted by Crippen LogP contribution is 2.53. The van der Waals surface area contributed by atoms with Crippen molar-refractivity contribution < 1.29 is 114 Å². The minimum Gasteiger partial charge on any atom is -0.496 e. The molecule has 0 spiro atoms. The summed E-state index contributed by atoms with van der Waals surface area (Å²) in [6.07, 6.45) is -1.47. The van der Waals surface area contributed by atoms with E-state index in [1.54, 1.807) is 104 Å². The fraction of sp³-hybridized carbons (Fsp3) is 0.609. The molecule has 32 heteroatoms. The Labute approximate surface area is 730 Å². The van der Waals surface area contributed by atoms with Gasteiger partial charge in [-0.25, -0.2) is 19.2 Å². The van der Waals surface area contributed by atoms with Crippen molar-refractivity contribution in [3.8, 4) is 46.0 Å². The monoisotopic (exact) mass is 1740 g/mol. The molecule has 5 rings (SSSR count). The van der Waals surface area contributed by atoms with Gasteiger partial charge in [0, 0.05) is 118 Å². The lowest BCUT2D eigenvalue weighted by Gasteiger charge is -2.32. The standard InChI is InChI=1S/C92H136N8O24/c1-45(2)29-65(89(109)121-25)93-85(105)81(49(9)10)97-77(101)37-53-57-33-59(71(115-19)41-69(57)113-17)54(38-78(102)98-82(50(11)12)86(106)94-66(30-46(3)4)90(110)122-26)61-35-63(75(119-23)43-73(61)117-21)56(40-80(104)100-84(52(15)16)88(108)96-68(32-48(7)8)92(112)124-28)64-36-62(74(118-22)44-76(64)120-24)55(60-34-58(53)70(114-18)42-72(60)116-20)39-79(103)99-83(51(13)14)87(107)95-67(31-47(5)6)91(111)123-27/h33-36,41-56,65-68,81-84H,29-32,37-40H2,1-28H3,(H,93,105)(H,94,106)(H,95,107)(H,96,108)(H,97,101)(H,98,102)(H,99,103)(H,100,104)/t53?,54?,55?,56?,65-,66-,67-,68-,81-,82-,83-,84-/m0/s1. The summed E-state index contributed by atoms with van der Waals surface area (Å²) in [6.45, 7) is 28.7. The number of ether oxygens (including phenoxy) is 12. The van der Waals surface area contributed by atoms with Crippen molar-refractivity contribution in [2.45, 2.75) is 234 Å². The van der Waals surface area contributed by atoms with Crippen LogP contribution < -0.4 is 80.4 Å². The van der Waals surface area contributed by atoms with Gasteiger partial charge in [-0.3, -0.25) is 38.4 Å². The number of hydrogen-bond donors (Lipinski definition) is 8. The zero-order valence-electron chi connectivity index (χ0n) is 77.6. The Kier molecular flexibility index (Phi) is 40.3. The van der Waals surface area contributed by atoms with Gasteiger partial charge < -0.3 is 99.4 Å². The number of hydrogen-bond acceptors (Lipinski definition) is 24. The lowest BCUT2D eigenvalue weighted by atomic mass is 9.77. The maximum Gasteiger partial charge on any atom is 0.328 e. The Morgan fingerprint density at radius 2 is 0.379 bits per heavy atom. The molecule has 0 fully saturated rings. The second-order valence-electron chi connectivity index (χ2n) is 34.4. The molecule has 8 N–H and O–H groups in total. The Morgan fingerprint density at radius 3 is 0.492 bits per heavy atom. The molecule has 0 saturated carbocycles. The summed E-state index contributed by atoms with van der Waals surface area (Å²) in [7, 11) is 16.0. The molecule has 0 unspecified atom stereocenters. The van der Waals surface area contributed by atoms with E-state index in [9.17, 15) is 38.4 Å². The van der Waals surface area contributed by atoms with E-state index in [0.717, 1.165) is 0 Å². The van der Waals surface area contributed by atoms with Gasteiger partial charge in [0.25, 0.3) is 0 Å². The average Bonchev–Trinajstić information content (AvgIpc) is 0.743. The lowest BCUT2D eigenvalue weighted by Crippen LogP contribution is -2.54. The highest BCUT2D eigenvalue weighted by molar-refractivity contribution is 5.95. The van der Waals surface area contributed by atoms with Gasteiger partial charge in [0.2, 0.25) is 47.3 Å². The molecule has 8 bridgehead atoms. The first-order valence-electron chi connectivity index (χ1n) is 42.2. The van der Waals surface area contributed by atoms with Gasteiger partial charge in [-0.1, -0.05) is 111 Å². The summed E-state index contributed by atoms with van der Waals surface area (Å²) < 4.78 is 71.8. The second kappa shape index (κ2) is 48.3. The molecule has 0 radical (unpaired) electrons. The highest BCUT2D eigenvalue weighted by atomic mass is 16.5. The van der Waals surface area contributed by atoms with Crippen LogP contribution in [0.15, 0.2) is 48.5 Å². The maximum atomic E-state index is 15.9. The van der Waals surface area contributed by atoms with Crippen molar-refractivity contribution in [2.24, 2.45) is 47.3 Å². The Hall–Kier alpha value is -11.1. The molecule has 4 aromatic carbocycles. The molecule has 8 atom stereocenters. The van der Waals surface area contributed by atoms with E-state index in [-0.39, 0.29) is 140 Å². The lowest BCUT2D eigenvalue weighted by molar-refractivity contribution is -0.146. The molecule has 32 nitrogen and oxygen atoms in total. The number of fused-ring (bicyclic) bond motifs is 8. The first-order valence-corrected chi connectivity index (χ1v) is 42.2. The molecule has 1 aliphatic carbocycles. The minimum absolute atomic E-state index is 0.0839. The minimum atomic E-state index is -1.30. The summed E-state index contributed by atoms with van der Waals surface area (Å²) in [6, 6.07) is 3.42. The Bertz CT molecular complexity index is 3720. The molecule has 0 heterocycles. The third kappa shape index (κ3) is 27.5. The Balaban J connectivity index is 2.16. The van der Waals surface area contributed by atoms with Crippen molar-refractivity contribution >= 4 is 71.1 Å². The molecule has 0 aromatic heterocycles. The third-order valence-corrected chi connectivity index (χ3v) is 22.0. The maximum absolute atomic E-state index is 15.9. The second-order valence-corrected chi connectivity index (χ2v) is 34.4. The van der Waals surface area contributed by atoms with Crippen LogP contribution >= 0.6 is 0 Å². The normalized spacial score (nSPS) is 16.2. The SMILES string of the molecule is COC(=O)[C@H](CC(C)C)NC(=O)[C@@H](NC(=O)CC1c2cc(c(OC)cc2OC)C(CC(=O)N[C@H](C(=O)N[C@@H](CC(C)C)C(=O)OC)C(C)C)c2cc(c(OC)cc2OC)C(CC(=O)N[C@H](C(=O)N[C@@H](CC(C)C)C(=O)OC)C(C)C)c2cc(c(OC)cc2OC)C(CC(=O)N[C@H](C(=O)N[C@@H](CC(C)C)C(=O)OC)C(C)C)c2cc1c(OC)cc2OC)C(C)C. The van der Waals surface area contributed by atoms with Crippen LogP contribution in [0.5, 0.6) is 46.0 Å². The van der Waals surface area contributed by atoms with Gasteiger partial charge in [-0.05, 0) is 97.3 Å².